The maximum Gasteiger partial charge on any atom is 0.377 e. The van der Waals surface area contributed by atoms with Crippen LogP contribution in [0.3, 0.4) is 0 Å². The van der Waals surface area contributed by atoms with E-state index in [4.69, 9.17) is 9.26 Å². The molecule has 0 fully saturated rings. The number of nitrogens with zero attached hydrogens (tertiary/aromatic N) is 3. The minimum atomic E-state index is -0.648. The molecule has 0 N–H and O–H groups in total. The summed E-state index contributed by atoms with van der Waals surface area (Å²) < 4.78 is 11.3. The minimum absolute atomic E-state index is 0.0185. The quantitative estimate of drug-likeness (QED) is 0.675. The first-order chi connectivity index (χ1) is 10.1. The van der Waals surface area contributed by atoms with Gasteiger partial charge in [0.2, 0.25) is 5.76 Å². The molecular formula is C14H11N3O4. The third kappa shape index (κ3) is 2.66. The summed E-state index contributed by atoms with van der Waals surface area (Å²) in [6.07, 6.45) is 1.62. The second-order valence-corrected chi connectivity index (χ2v) is 4.42. The first-order valence-corrected chi connectivity index (χ1v) is 6.21. The summed E-state index contributed by atoms with van der Waals surface area (Å²) in [5.41, 5.74) is 1.22. The molecule has 0 radical (unpaired) electrons. The molecular weight excluding hydrogens is 274 g/mol. The molecule has 7 nitrogen and oxygen atoms in total. The van der Waals surface area contributed by atoms with Crippen molar-refractivity contribution in [3.63, 3.8) is 0 Å². The Balaban J connectivity index is 1.79. The van der Waals surface area contributed by atoms with E-state index in [1.54, 1.807) is 31.3 Å². The molecule has 0 atom stereocenters. The van der Waals surface area contributed by atoms with E-state index in [0.29, 0.717) is 17.0 Å². The smallest absolute Gasteiger partial charge is 0.377 e. The van der Waals surface area contributed by atoms with Gasteiger partial charge in [-0.15, -0.1) is 0 Å². The monoisotopic (exact) mass is 285 g/mol. The molecule has 3 aromatic rings. The fraction of sp³-hybridized carbons (Fsp3) is 0.143. The number of hydrogen-bond donors (Lipinski definition) is 0. The van der Waals surface area contributed by atoms with Gasteiger partial charge in [0.25, 0.3) is 5.56 Å². The van der Waals surface area contributed by atoms with E-state index in [1.807, 2.05) is 0 Å². The van der Waals surface area contributed by atoms with Crippen molar-refractivity contribution in [2.75, 3.05) is 0 Å². The number of fused-ring (bicyclic) bond motifs is 1. The molecule has 0 bridgehead atoms. The molecule has 0 aromatic carbocycles. The third-order valence-electron chi connectivity index (χ3n) is 2.80. The maximum atomic E-state index is 11.9. The van der Waals surface area contributed by atoms with Crippen LogP contribution in [0.1, 0.15) is 21.9 Å². The number of carbonyl (C=O) groups excluding carboxylic acids is 1. The predicted octanol–water partition coefficient (Wildman–Crippen LogP) is 1.35. The van der Waals surface area contributed by atoms with Crippen molar-refractivity contribution in [1.29, 1.82) is 0 Å². The Kier molecular flexibility index (Phi) is 3.23. The SMILES string of the molecule is Cc1cc(C(=O)OCc2cc(=O)n3ccccc3n2)on1. The summed E-state index contributed by atoms with van der Waals surface area (Å²) in [7, 11) is 0. The van der Waals surface area contributed by atoms with Crippen LogP contribution in [0.4, 0.5) is 0 Å². The molecule has 0 saturated heterocycles. The molecule has 7 heteroatoms. The summed E-state index contributed by atoms with van der Waals surface area (Å²) in [6, 6.07) is 8.01. The molecule has 3 rings (SSSR count). The zero-order valence-corrected chi connectivity index (χ0v) is 11.1. The van der Waals surface area contributed by atoms with Gasteiger partial charge in [-0.3, -0.25) is 9.20 Å². The van der Waals surface area contributed by atoms with Crippen LogP contribution < -0.4 is 5.56 Å². The van der Waals surface area contributed by atoms with Gasteiger partial charge in [-0.2, -0.15) is 0 Å². The topological polar surface area (TPSA) is 86.7 Å². The van der Waals surface area contributed by atoms with Crippen LogP contribution in [0.15, 0.2) is 45.8 Å². The number of pyridine rings is 1. The Labute approximate surface area is 118 Å². The van der Waals surface area contributed by atoms with E-state index in [9.17, 15) is 9.59 Å². The van der Waals surface area contributed by atoms with Crippen molar-refractivity contribution in [3.05, 3.63) is 64.0 Å². The zero-order valence-electron chi connectivity index (χ0n) is 11.1. The Morgan fingerprint density at radius 3 is 3.00 bits per heavy atom. The predicted molar refractivity (Wildman–Crippen MR) is 71.8 cm³/mol. The van der Waals surface area contributed by atoms with Gasteiger partial charge in [0, 0.05) is 18.3 Å². The molecule has 21 heavy (non-hydrogen) atoms. The van der Waals surface area contributed by atoms with Crippen LogP contribution >= 0.6 is 0 Å². The van der Waals surface area contributed by atoms with Gasteiger partial charge in [0.1, 0.15) is 12.3 Å². The fourth-order valence-electron chi connectivity index (χ4n) is 1.85. The van der Waals surface area contributed by atoms with Crippen LogP contribution in [0, 0.1) is 6.92 Å². The van der Waals surface area contributed by atoms with Gasteiger partial charge in [-0.05, 0) is 19.1 Å². The average Bonchev–Trinajstić information content (AvgIpc) is 2.91. The van der Waals surface area contributed by atoms with Gasteiger partial charge in [-0.1, -0.05) is 11.2 Å². The van der Waals surface area contributed by atoms with E-state index in [1.165, 1.54) is 16.5 Å². The standard InChI is InChI=1S/C14H11N3O4/c1-9-6-11(21-16-9)14(19)20-8-10-7-13(18)17-5-3-2-4-12(17)15-10/h2-7H,8H2,1H3. The second kappa shape index (κ2) is 5.20. The van der Waals surface area contributed by atoms with Crippen molar-refractivity contribution in [3.8, 4) is 0 Å². The molecule has 0 unspecified atom stereocenters. The van der Waals surface area contributed by atoms with Crippen LogP contribution in [0.5, 0.6) is 0 Å². The largest absolute Gasteiger partial charge is 0.453 e. The number of aromatic nitrogens is 3. The number of hydrogen-bond acceptors (Lipinski definition) is 6. The number of carbonyl (C=O) groups is 1. The zero-order chi connectivity index (χ0) is 14.8. The van der Waals surface area contributed by atoms with Crippen LogP contribution in [-0.2, 0) is 11.3 Å². The Morgan fingerprint density at radius 1 is 1.38 bits per heavy atom. The Hall–Kier alpha value is -2.96. The maximum absolute atomic E-state index is 11.9. The van der Waals surface area contributed by atoms with E-state index in [-0.39, 0.29) is 17.9 Å². The van der Waals surface area contributed by atoms with E-state index in [0.717, 1.165) is 0 Å². The van der Waals surface area contributed by atoms with Crippen molar-refractivity contribution < 1.29 is 14.1 Å². The highest BCUT2D eigenvalue weighted by Crippen LogP contribution is 2.06. The summed E-state index contributed by atoms with van der Waals surface area (Å²) in [4.78, 5) is 27.8. The average molecular weight is 285 g/mol. The summed E-state index contributed by atoms with van der Waals surface area (Å²) in [6.45, 7) is 1.59. The van der Waals surface area contributed by atoms with Crippen LogP contribution in [-0.4, -0.2) is 20.5 Å². The van der Waals surface area contributed by atoms with Crippen molar-refractivity contribution in [2.45, 2.75) is 13.5 Å². The van der Waals surface area contributed by atoms with Gasteiger partial charge in [-0.25, -0.2) is 9.78 Å². The molecule has 0 amide bonds. The van der Waals surface area contributed by atoms with Crippen molar-refractivity contribution >= 4 is 11.6 Å². The lowest BCUT2D eigenvalue weighted by Gasteiger charge is -2.04. The fourth-order valence-corrected chi connectivity index (χ4v) is 1.85. The van der Waals surface area contributed by atoms with Gasteiger partial charge in [0.05, 0.1) is 11.4 Å². The first kappa shape index (κ1) is 13.0. The Morgan fingerprint density at radius 2 is 2.24 bits per heavy atom. The van der Waals surface area contributed by atoms with E-state index < -0.39 is 5.97 Å². The molecule has 3 aromatic heterocycles. The number of ether oxygens (including phenoxy) is 1. The summed E-state index contributed by atoms with van der Waals surface area (Å²) in [5.74, 6) is -0.629. The van der Waals surface area contributed by atoms with Crippen LogP contribution in [0.25, 0.3) is 5.65 Å². The molecule has 0 aliphatic rings. The summed E-state index contributed by atoms with van der Waals surface area (Å²) >= 11 is 0. The highest BCUT2D eigenvalue weighted by atomic mass is 16.6. The lowest BCUT2D eigenvalue weighted by Crippen LogP contribution is -2.16. The molecule has 106 valence electrons. The van der Waals surface area contributed by atoms with Gasteiger partial charge < -0.3 is 9.26 Å². The number of esters is 1. The summed E-state index contributed by atoms with van der Waals surface area (Å²) in [5, 5.41) is 3.60. The lowest BCUT2D eigenvalue weighted by atomic mass is 10.3. The highest BCUT2D eigenvalue weighted by molar-refractivity contribution is 5.86. The number of rotatable bonds is 3. The van der Waals surface area contributed by atoms with E-state index >= 15 is 0 Å². The highest BCUT2D eigenvalue weighted by Gasteiger charge is 2.14. The van der Waals surface area contributed by atoms with Gasteiger partial charge >= 0.3 is 5.97 Å². The lowest BCUT2D eigenvalue weighted by molar-refractivity contribution is 0.0421. The van der Waals surface area contributed by atoms with Crippen LogP contribution in [0.2, 0.25) is 0 Å². The Bertz CT molecular complexity index is 866. The van der Waals surface area contributed by atoms with Gasteiger partial charge in [0.15, 0.2) is 0 Å². The van der Waals surface area contributed by atoms with E-state index in [2.05, 4.69) is 10.1 Å². The molecule has 0 spiro atoms. The van der Waals surface area contributed by atoms with Crippen molar-refractivity contribution in [2.24, 2.45) is 0 Å². The first-order valence-electron chi connectivity index (χ1n) is 6.21. The molecule has 0 saturated carbocycles. The normalized spacial score (nSPS) is 10.7. The van der Waals surface area contributed by atoms with Crippen molar-refractivity contribution in [1.82, 2.24) is 14.5 Å². The molecule has 3 heterocycles. The molecule has 0 aliphatic carbocycles. The number of aryl methyl sites for hydroxylation is 1. The molecule has 0 aliphatic heterocycles. The third-order valence-corrected chi connectivity index (χ3v) is 2.80. The second-order valence-electron chi connectivity index (χ2n) is 4.42. The minimum Gasteiger partial charge on any atom is -0.453 e.